The predicted octanol–water partition coefficient (Wildman–Crippen LogP) is 14.1. The van der Waals surface area contributed by atoms with E-state index in [1.165, 1.54) is 106 Å². The molecule has 3 heteroatoms. The number of hydrogen-bond donors (Lipinski definition) is 0. The van der Waals surface area contributed by atoms with Crippen LogP contribution in [0.3, 0.4) is 0 Å². The molecule has 62 heavy (non-hydrogen) atoms. The Morgan fingerprint density at radius 1 is 0.516 bits per heavy atom. The average molecular weight is 830 g/mol. The largest absolute Gasteiger partial charge is 0.310 e. The molecule has 0 bridgehead atoms. The molecule has 0 radical (unpaired) electrons. The maximum atomic E-state index is 2.73. The van der Waals surface area contributed by atoms with Gasteiger partial charge in [0.1, 0.15) is 0 Å². The third-order valence-corrected chi connectivity index (χ3v) is 16.4. The molecule has 0 saturated heterocycles. The van der Waals surface area contributed by atoms with Gasteiger partial charge in [0, 0.05) is 26.2 Å². The molecular formula is C59H64BNS. The van der Waals surface area contributed by atoms with Crippen molar-refractivity contribution >= 4 is 60.9 Å². The summed E-state index contributed by atoms with van der Waals surface area (Å²) in [5.74, 6) is 0. The summed E-state index contributed by atoms with van der Waals surface area (Å²) in [6, 6.07) is 50.6. The van der Waals surface area contributed by atoms with Crippen molar-refractivity contribution in [2.24, 2.45) is 0 Å². The molecule has 1 nitrogen and oxygen atoms in total. The van der Waals surface area contributed by atoms with E-state index in [0.717, 1.165) is 0 Å². The molecule has 0 spiro atoms. The summed E-state index contributed by atoms with van der Waals surface area (Å²) in [5, 5.41) is 1.36. The van der Waals surface area contributed by atoms with E-state index in [1.807, 2.05) is 11.3 Å². The highest BCUT2D eigenvalue weighted by Crippen LogP contribution is 2.55. The zero-order valence-corrected chi connectivity index (χ0v) is 40.3. The second-order valence-electron chi connectivity index (χ2n) is 23.3. The zero-order valence-electron chi connectivity index (χ0n) is 39.5. The monoisotopic (exact) mass is 829 g/mol. The number of thiophene rings is 1. The summed E-state index contributed by atoms with van der Waals surface area (Å²) in [6.07, 6.45) is 2.35. The van der Waals surface area contributed by atoms with E-state index in [1.54, 1.807) is 0 Å². The lowest BCUT2D eigenvalue weighted by Crippen LogP contribution is -2.65. The normalized spacial score (nSPS) is 17.3. The Morgan fingerprint density at radius 2 is 1.05 bits per heavy atom. The molecule has 2 aliphatic heterocycles. The van der Waals surface area contributed by atoms with Crippen molar-refractivity contribution in [1.82, 2.24) is 0 Å². The first kappa shape index (κ1) is 41.2. The Labute approximate surface area is 376 Å². The molecule has 10 rings (SSSR count). The highest BCUT2D eigenvalue weighted by molar-refractivity contribution is 7.33. The minimum Gasteiger partial charge on any atom is -0.310 e. The number of anilines is 3. The van der Waals surface area contributed by atoms with Crippen molar-refractivity contribution < 1.29 is 0 Å². The van der Waals surface area contributed by atoms with E-state index in [4.69, 9.17) is 0 Å². The average Bonchev–Trinajstić information content (AvgIpc) is 3.60. The highest BCUT2D eigenvalue weighted by Gasteiger charge is 2.54. The lowest BCUT2D eigenvalue weighted by atomic mass is 9.31. The van der Waals surface area contributed by atoms with Gasteiger partial charge in [0.15, 0.2) is 0 Å². The van der Waals surface area contributed by atoms with Crippen LogP contribution in [0, 0.1) is 0 Å². The summed E-state index contributed by atoms with van der Waals surface area (Å²) >= 11 is 2.02. The summed E-state index contributed by atoms with van der Waals surface area (Å²) in [7, 11) is 0. The molecule has 0 N–H and O–H groups in total. The van der Waals surface area contributed by atoms with Crippen LogP contribution in [0.25, 0.3) is 10.1 Å². The molecule has 0 atom stereocenters. The topological polar surface area (TPSA) is 3.24 Å². The third kappa shape index (κ3) is 6.07. The standard InChI is InChI=1S/C59H64BNS/c1-54(2,3)37-24-27-42(28-25-37)61-49-34-41(56(7,8)9)33-47-51(49)60(53-52(61)43-32-40(55(4,5)6)26-29-50(43)62-53)48-36-45-44(57(10,11)30-31-58(45,12)13)35-46(48)59(47,38-20-16-14-17-21-38)39-22-18-15-19-23-39/h14-29,32-36H,30-31H2,1-13H3. The van der Waals surface area contributed by atoms with Crippen LogP contribution in [0.5, 0.6) is 0 Å². The number of nitrogens with zero attached hydrogens (tertiary/aromatic N) is 1. The smallest absolute Gasteiger partial charge is 0.260 e. The number of fused-ring (bicyclic) bond motifs is 7. The second kappa shape index (κ2) is 13.6. The van der Waals surface area contributed by atoms with Crippen molar-refractivity contribution in [1.29, 1.82) is 0 Å². The zero-order chi connectivity index (χ0) is 43.9. The van der Waals surface area contributed by atoms with Gasteiger partial charge in [0.2, 0.25) is 0 Å². The van der Waals surface area contributed by atoms with Gasteiger partial charge < -0.3 is 4.90 Å². The first-order valence-electron chi connectivity index (χ1n) is 23.1. The molecule has 0 unspecified atom stereocenters. The molecule has 314 valence electrons. The van der Waals surface area contributed by atoms with E-state index in [0.29, 0.717) is 0 Å². The number of benzene rings is 6. The van der Waals surface area contributed by atoms with E-state index in [2.05, 4.69) is 222 Å². The molecule has 0 saturated carbocycles. The van der Waals surface area contributed by atoms with E-state index < -0.39 is 5.41 Å². The first-order valence-corrected chi connectivity index (χ1v) is 23.9. The number of rotatable bonds is 3. The summed E-state index contributed by atoms with van der Waals surface area (Å²) in [6.45, 7) is 31.2. The van der Waals surface area contributed by atoms with Crippen molar-refractivity contribution in [2.45, 2.75) is 135 Å². The molecule has 1 aromatic heterocycles. The fourth-order valence-corrected chi connectivity index (χ4v) is 12.6. The van der Waals surface area contributed by atoms with E-state index in [-0.39, 0.29) is 33.8 Å². The Balaban J connectivity index is 1.44. The van der Waals surface area contributed by atoms with Crippen LogP contribution in [0.15, 0.2) is 127 Å². The van der Waals surface area contributed by atoms with Crippen molar-refractivity contribution in [3.8, 4) is 0 Å². The molecule has 3 heterocycles. The molecule has 1 aliphatic carbocycles. The van der Waals surface area contributed by atoms with E-state index >= 15 is 0 Å². The fraction of sp³-hybridized carbons (Fsp3) is 0.356. The van der Waals surface area contributed by atoms with Gasteiger partial charge in [-0.25, -0.2) is 0 Å². The fourth-order valence-electron chi connectivity index (χ4n) is 11.3. The highest BCUT2D eigenvalue weighted by atomic mass is 32.1. The Morgan fingerprint density at radius 3 is 1.60 bits per heavy atom. The molecule has 7 aromatic rings. The van der Waals surface area contributed by atoms with Gasteiger partial charge in [-0.3, -0.25) is 0 Å². The molecular weight excluding hydrogens is 766 g/mol. The van der Waals surface area contributed by atoms with Crippen LogP contribution in [0.2, 0.25) is 0 Å². The molecule has 0 amide bonds. The van der Waals surface area contributed by atoms with Crippen LogP contribution < -0.4 is 20.6 Å². The Kier molecular flexibility index (Phi) is 9.02. The van der Waals surface area contributed by atoms with E-state index in [9.17, 15) is 0 Å². The van der Waals surface area contributed by atoms with Crippen LogP contribution in [-0.4, -0.2) is 6.71 Å². The van der Waals surface area contributed by atoms with Crippen LogP contribution in [-0.2, 0) is 32.5 Å². The van der Waals surface area contributed by atoms with Gasteiger partial charge in [0.05, 0.1) is 11.1 Å². The van der Waals surface area contributed by atoms with Gasteiger partial charge in [-0.2, -0.15) is 0 Å². The van der Waals surface area contributed by atoms with Gasteiger partial charge in [-0.1, -0.05) is 193 Å². The summed E-state index contributed by atoms with van der Waals surface area (Å²) in [4.78, 5) is 2.69. The van der Waals surface area contributed by atoms with Gasteiger partial charge in [-0.05, 0) is 126 Å². The minimum atomic E-state index is -0.568. The van der Waals surface area contributed by atoms with Crippen LogP contribution in [0.4, 0.5) is 17.1 Å². The molecule has 0 fully saturated rings. The van der Waals surface area contributed by atoms with Gasteiger partial charge >= 0.3 is 0 Å². The SMILES string of the molecule is CC(C)(C)c1ccc(N2c3cc(C(C)(C)C)cc4c3B(c3cc5c(cc3C4(c3ccccc3)c3ccccc3)C(C)(C)CCC5(C)C)c3sc4ccc(C(C)(C)C)cc4c32)cc1. The quantitative estimate of drug-likeness (QED) is 0.160. The van der Waals surface area contributed by atoms with Gasteiger partial charge in [-0.15, -0.1) is 11.3 Å². The lowest BCUT2D eigenvalue weighted by molar-refractivity contribution is 0.331. The van der Waals surface area contributed by atoms with Crippen LogP contribution in [0.1, 0.15) is 153 Å². The lowest BCUT2D eigenvalue weighted by Gasteiger charge is -2.50. The van der Waals surface area contributed by atoms with Crippen molar-refractivity contribution in [3.63, 3.8) is 0 Å². The minimum absolute atomic E-state index is 0.0151. The van der Waals surface area contributed by atoms with Gasteiger partial charge in [0.25, 0.3) is 6.71 Å². The summed E-state index contributed by atoms with van der Waals surface area (Å²) < 4.78 is 2.81. The summed E-state index contributed by atoms with van der Waals surface area (Å²) in [5.41, 5.74) is 18.9. The van der Waals surface area contributed by atoms with Crippen LogP contribution >= 0.6 is 11.3 Å². The maximum absolute atomic E-state index is 2.73. The maximum Gasteiger partial charge on any atom is 0.260 e. The third-order valence-electron chi connectivity index (χ3n) is 15.1. The predicted molar refractivity (Wildman–Crippen MR) is 271 cm³/mol. The first-order chi connectivity index (χ1) is 29.1. The Hall–Kier alpha value is -4.86. The second-order valence-corrected chi connectivity index (χ2v) is 24.4. The van der Waals surface area contributed by atoms with Crippen molar-refractivity contribution in [2.75, 3.05) is 4.90 Å². The molecule has 6 aromatic carbocycles. The van der Waals surface area contributed by atoms with Crippen molar-refractivity contribution in [3.05, 3.63) is 177 Å². The molecule has 3 aliphatic rings. The number of hydrogen-bond acceptors (Lipinski definition) is 2. The Bertz CT molecular complexity index is 2850.